The van der Waals surface area contributed by atoms with Gasteiger partial charge < -0.3 is 5.73 Å². The molecule has 0 radical (unpaired) electrons. The second kappa shape index (κ2) is 3.01. The number of hydrogen-bond donors (Lipinski definition) is 1. The van der Waals surface area contributed by atoms with E-state index in [2.05, 4.69) is 6.07 Å². The van der Waals surface area contributed by atoms with Crippen molar-refractivity contribution in [2.45, 2.75) is 6.42 Å². The van der Waals surface area contributed by atoms with Gasteiger partial charge in [0.05, 0.1) is 6.42 Å². The first-order valence-electron chi connectivity index (χ1n) is 4.23. The summed E-state index contributed by atoms with van der Waals surface area (Å²) in [6.45, 7) is 0.275. The number of para-hydroxylation sites is 1. The first-order valence-corrected chi connectivity index (χ1v) is 4.23. The first kappa shape index (κ1) is 7.98. The molecule has 1 amide bonds. The van der Waals surface area contributed by atoms with Gasteiger partial charge >= 0.3 is 0 Å². The predicted octanol–water partition coefficient (Wildman–Crippen LogP) is 0.443. The van der Waals surface area contributed by atoms with Crippen LogP contribution in [0.3, 0.4) is 0 Å². The van der Waals surface area contributed by atoms with Crippen LogP contribution in [0.2, 0.25) is 0 Å². The van der Waals surface area contributed by atoms with E-state index in [9.17, 15) is 4.79 Å². The summed E-state index contributed by atoms with van der Waals surface area (Å²) >= 11 is 0. The Balaban J connectivity index is 2.31. The highest BCUT2D eigenvalue weighted by Gasteiger charge is 2.21. The van der Waals surface area contributed by atoms with Crippen LogP contribution >= 0.6 is 0 Å². The minimum atomic E-state index is -0.298. The van der Waals surface area contributed by atoms with Crippen LogP contribution < -0.4 is 5.73 Å². The summed E-state index contributed by atoms with van der Waals surface area (Å²) in [5.74, 6) is -0.298. The van der Waals surface area contributed by atoms with Crippen molar-refractivity contribution in [1.29, 1.82) is 0 Å². The fraction of sp³-hybridized carbons (Fsp3) is 0.200. The Morgan fingerprint density at radius 2 is 2.23 bits per heavy atom. The summed E-state index contributed by atoms with van der Waals surface area (Å²) < 4.78 is 1.90. The average Bonchev–Trinajstić information content (AvgIpc) is 2.48. The van der Waals surface area contributed by atoms with Gasteiger partial charge in [0.1, 0.15) is 0 Å². The smallest absolute Gasteiger partial charge is 0.283 e. The molecule has 3 heteroatoms. The Hall–Kier alpha value is -1.64. The van der Waals surface area contributed by atoms with Crippen molar-refractivity contribution < 1.29 is 9.37 Å². The zero-order valence-electron chi connectivity index (χ0n) is 7.23. The van der Waals surface area contributed by atoms with E-state index in [1.807, 2.05) is 29.0 Å². The molecular weight excluding hydrogens is 164 g/mol. The van der Waals surface area contributed by atoms with Crippen molar-refractivity contribution in [3.8, 4) is 0 Å². The number of fused-ring (bicyclic) bond motifs is 1. The number of carbonyl (C=O) groups is 1. The molecule has 0 bridgehead atoms. The molecule has 1 aromatic carbocycles. The van der Waals surface area contributed by atoms with Gasteiger partial charge in [-0.2, -0.15) is 4.58 Å². The molecule has 1 aliphatic rings. The maximum absolute atomic E-state index is 10.7. The third-order valence-electron chi connectivity index (χ3n) is 2.16. The van der Waals surface area contributed by atoms with Crippen LogP contribution in [0.25, 0.3) is 0 Å². The number of hydrogen-bond acceptors (Lipinski definition) is 1. The van der Waals surface area contributed by atoms with Crippen molar-refractivity contribution in [1.82, 2.24) is 0 Å². The van der Waals surface area contributed by atoms with Gasteiger partial charge in [0.15, 0.2) is 6.21 Å². The Bertz CT molecular complexity index is 382. The van der Waals surface area contributed by atoms with Gasteiger partial charge in [-0.05, 0) is 0 Å². The number of amides is 1. The average molecular weight is 175 g/mol. The Morgan fingerprint density at radius 3 is 3.00 bits per heavy atom. The zero-order chi connectivity index (χ0) is 9.26. The fourth-order valence-corrected chi connectivity index (χ4v) is 1.59. The molecule has 1 aromatic rings. The summed E-state index contributed by atoms with van der Waals surface area (Å²) in [7, 11) is 0. The maximum atomic E-state index is 10.7. The monoisotopic (exact) mass is 175 g/mol. The topological polar surface area (TPSA) is 46.1 Å². The van der Waals surface area contributed by atoms with Crippen molar-refractivity contribution in [3.05, 3.63) is 29.8 Å². The lowest BCUT2D eigenvalue weighted by atomic mass is 10.2. The summed E-state index contributed by atoms with van der Waals surface area (Å²) in [5.41, 5.74) is 7.48. The van der Waals surface area contributed by atoms with Gasteiger partial charge in [-0.1, -0.05) is 18.2 Å². The molecule has 0 saturated heterocycles. The van der Waals surface area contributed by atoms with E-state index in [-0.39, 0.29) is 12.5 Å². The molecule has 13 heavy (non-hydrogen) atoms. The molecule has 0 saturated carbocycles. The number of nitrogens with two attached hydrogens (primary N) is 1. The highest BCUT2D eigenvalue weighted by Crippen LogP contribution is 2.22. The van der Waals surface area contributed by atoms with Crippen LogP contribution in [0.5, 0.6) is 0 Å². The summed E-state index contributed by atoms with van der Waals surface area (Å²) in [5, 5.41) is 0. The molecule has 0 aromatic heterocycles. The molecule has 0 atom stereocenters. The molecule has 2 rings (SSSR count). The van der Waals surface area contributed by atoms with E-state index in [0.29, 0.717) is 0 Å². The van der Waals surface area contributed by atoms with Gasteiger partial charge in [0.25, 0.3) is 5.91 Å². The Labute approximate surface area is 76.5 Å². The van der Waals surface area contributed by atoms with Crippen LogP contribution in [0.1, 0.15) is 5.56 Å². The number of carbonyl (C=O) groups excluding carboxylic acids is 1. The second-order valence-corrected chi connectivity index (χ2v) is 3.11. The molecule has 2 N–H and O–H groups in total. The second-order valence-electron chi connectivity index (χ2n) is 3.11. The van der Waals surface area contributed by atoms with Crippen LogP contribution in [0.15, 0.2) is 24.3 Å². The molecule has 0 spiro atoms. The maximum Gasteiger partial charge on any atom is 0.283 e. The molecule has 3 nitrogen and oxygen atoms in total. The predicted molar refractivity (Wildman–Crippen MR) is 50.2 cm³/mol. The van der Waals surface area contributed by atoms with Crippen molar-refractivity contribution in [2.75, 3.05) is 6.54 Å². The van der Waals surface area contributed by atoms with Crippen molar-refractivity contribution in [2.24, 2.45) is 5.73 Å². The lowest BCUT2D eigenvalue weighted by molar-refractivity contribution is -0.420. The van der Waals surface area contributed by atoms with Gasteiger partial charge in [0.2, 0.25) is 12.2 Å². The number of rotatable bonds is 2. The highest BCUT2D eigenvalue weighted by atomic mass is 16.1. The SMILES string of the molecule is NC(=O)C[N+]1=CCc2ccccc21. The van der Waals surface area contributed by atoms with E-state index in [4.69, 9.17) is 5.73 Å². The number of benzene rings is 1. The lowest BCUT2D eigenvalue weighted by Crippen LogP contribution is -2.23. The van der Waals surface area contributed by atoms with Crippen molar-refractivity contribution >= 4 is 17.8 Å². The summed E-state index contributed by atoms with van der Waals surface area (Å²) in [4.78, 5) is 10.7. The van der Waals surface area contributed by atoms with E-state index in [1.54, 1.807) is 0 Å². The summed E-state index contributed by atoms with van der Waals surface area (Å²) in [6, 6.07) is 8.03. The normalized spacial score (nSPS) is 13.7. The summed E-state index contributed by atoms with van der Waals surface area (Å²) in [6.07, 6.45) is 2.89. The van der Waals surface area contributed by atoms with Gasteiger partial charge in [0, 0.05) is 11.6 Å². The van der Waals surface area contributed by atoms with E-state index < -0.39 is 0 Å². The Morgan fingerprint density at radius 1 is 1.46 bits per heavy atom. The minimum Gasteiger partial charge on any atom is -0.364 e. The number of primary amides is 1. The fourth-order valence-electron chi connectivity index (χ4n) is 1.59. The van der Waals surface area contributed by atoms with E-state index in [0.717, 1.165) is 12.1 Å². The van der Waals surface area contributed by atoms with Gasteiger partial charge in [-0.25, -0.2) is 0 Å². The van der Waals surface area contributed by atoms with Crippen LogP contribution in [0, 0.1) is 0 Å². The quantitative estimate of drug-likeness (QED) is 0.651. The van der Waals surface area contributed by atoms with Crippen LogP contribution in [-0.2, 0) is 11.2 Å². The van der Waals surface area contributed by atoms with Gasteiger partial charge in [-0.15, -0.1) is 0 Å². The molecule has 1 heterocycles. The minimum absolute atomic E-state index is 0.275. The third-order valence-corrected chi connectivity index (χ3v) is 2.16. The number of nitrogens with zero attached hydrogens (tertiary/aromatic N) is 1. The van der Waals surface area contributed by atoms with E-state index in [1.165, 1.54) is 5.56 Å². The zero-order valence-corrected chi connectivity index (χ0v) is 7.23. The third kappa shape index (κ3) is 1.45. The lowest BCUT2D eigenvalue weighted by Gasteiger charge is -1.96. The molecule has 1 aliphatic heterocycles. The van der Waals surface area contributed by atoms with E-state index >= 15 is 0 Å². The molecular formula is C10H11N2O+. The molecule has 0 unspecified atom stereocenters. The van der Waals surface area contributed by atoms with Crippen LogP contribution in [-0.4, -0.2) is 23.2 Å². The molecule has 0 aliphatic carbocycles. The highest BCUT2D eigenvalue weighted by molar-refractivity contribution is 5.77. The molecule has 0 fully saturated rings. The molecule has 66 valence electrons. The van der Waals surface area contributed by atoms with Crippen LogP contribution in [0.4, 0.5) is 5.69 Å². The van der Waals surface area contributed by atoms with Gasteiger partial charge in [-0.3, -0.25) is 4.79 Å². The Kier molecular flexibility index (Phi) is 1.85. The first-order chi connectivity index (χ1) is 6.27. The largest absolute Gasteiger partial charge is 0.364 e. The standard InChI is InChI=1S/C10H10N2O/c11-10(13)7-12-6-5-8-3-1-2-4-9(8)12/h1-4,6H,5,7H2,(H-,11,13)/p+1. The van der Waals surface area contributed by atoms with Crippen molar-refractivity contribution in [3.63, 3.8) is 0 Å².